The van der Waals surface area contributed by atoms with E-state index in [1.54, 1.807) is 11.8 Å². The van der Waals surface area contributed by atoms with E-state index in [0.29, 0.717) is 18.8 Å². The molecule has 0 bridgehead atoms. The molecule has 2 rings (SSSR count). The lowest BCUT2D eigenvalue weighted by Gasteiger charge is -2.29. The number of unbranched alkanes of at least 4 members (excludes halogenated alkanes) is 1. The summed E-state index contributed by atoms with van der Waals surface area (Å²) in [7, 11) is 0. The number of nitrogens with one attached hydrogen (secondary N) is 1. The molecule has 0 saturated heterocycles. The van der Waals surface area contributed by atoms with Gasteiger partial charge in [-0.2, -0.15) is 0 Å². The second-order valence-electron chi connectivity index (χ2n) is 7.01. The second kappa shape index (κ2) is 11.8. The highest BCUT2D eigenvalue weighted by atomic mass is 127. The summed E-state index contributed by atoms with van der Waals surface area (Å²) in [5.41, 5.74) is 2.10. The van der Waals surface area contributed by atoms with E-state index < -0.39 is 6.04 Å². The maximum absolute atomic E-state index is 13.0. The van der Waals surface area contributed by atoms with E-state index in [9.17, 15) is 9.59 Å². The molecular weight excluding hydrogens is 479 g/mol. The molecule has 0 saturated carbocycles. The van der Waals surface area contributed by atoms with Crippen molar-refractivity contribution in [3.63, 3.8) is 0 Å². The maximum atomic E-state index is 13.0. The summed E-state index contributed by atoms with van der Waals surface area (Å²) in [6, 6.07) is 14.8. The number of aryl methyl sites for hydroxylation is 1. The minimum Gasteiger partial charge on any atom is -0.484 e. The molecule has 0 heterocycles. The first-order chi connectivity index (χ1) is 13.9. The fraction of sp³-hybridized carbons (Fsp3) is 0.391. The standard InChI is InChI=1S/C23H29IN2O3/c1-4-5-14-25-23(28)18(3)26(15-19-9-7-6-8-17(19)2)22(27)16-29-21-12-10-20(24)11-13-21/h6-13,18H,4-5,14-16H2,1-3H3,(H,25,28)/t18-/m1/s1. The molecule has 0 radical (unpaired) electrons. The first-order valence-corrected chi connectivity index (χ1v) is 11.0. The molecule has 2 amide bonds. The minimum absolute atomic E-state index is 0.112. The lowest BCUT2D eigenvalue weighted by molar-refractivity contribution is -0.142. The Morgan fingerprint density at radius 2 is 1.83 bits per heavy atom. The Morgan fingerprint density at radius 3 is 2.48 bits per heavy atom. The molecule has 1 atom stereocenters. The van der Waals surface area contributed by atoms with Crippen LogP contribution in [0.15, 0.2) is 48.5 Å². The first kappa shape index (κ1) is 23.2. The molecule has 0 unspecified atom stereocenters. The molecule has 0 aliphatic rings. The molecule has 156 valence electrons. The summed E-state index contributed by atoms with van der Waals surface area (Å²) in [5.74, 6) is 0.272. The molecule has 5 nitrogen and oxygen atoms in total. The maximum Gasteiger partial charge on any atom is 0.261 e. The SMILES string of the molecule is CCCCNC(=O)[C@@H](C)N(Cc1ccccc1C)C(=O)COc1ccc(I)cc1. The minimum atomic E-state index is -0.584. The van der Waals surface area contributed by atoms with E-state index in [1.165, 1.54) is 0 Å². The zero-order valence-corrected chi connectivity index (χ0v) is 19.4. The van der Waals surface area contributed by atoms with Crippen molar-refractivity contribution in [3.05, 3.63) is 63.2 Å². The second-order valence-corrected chi connectivity index (χ2v) is 8.26. The highest BCUT2D eigenvalue weighted by molar-refractivity contribution is 14.1. The molecule has 2 aromatic carbocycles. The number of benzene rings is 2. The van der Waals surface area contributed by atoms with Gasteiger partial charge < -0.3 is 15.0 Å². The van der Waals surface area contributed by atoms with Gasteiger partial charge in [0.2, 0.25) is 5.91 Å². The van der Waals surface area contributed by atoms with E-state index in [4.69, 9.17) is 4.74 Å². The van der Waals surface area contributed by atoms with Gasteiger partial charge in [-0.15, -0.1) is 0 Å². The molecule has 29 heavy (non-hydrogen) atoms. The number of halogens is 1. The topological polar surface area (TPSA) is 58.6 Å². The summed E-state index contributed by atoms with van der Waals surface area (Å²) in [6.07, 6.45) is 1.92. The van der Waals surface area contributed by atoms with Crippen molar-refractivity contribution in [3.8, 4) is 5.75 Å². The largest absolute Gasteiger partial charge is 0.484 e. The lowest BCUT2D eigenvalue weighted by Crippen LogP contribution is -2.49. The molecule has 0 fully saturated rings. The van der Waals surface area contributed by atoms with Crippen molar-refractivity contribution >= 4 is 34.4 Å². The monoisotopic (exact) mass is 508 g/mol. The van der Waals surface area contributed by atoms with Crippen molar-refractivity contribution in [2.24, 2.45) is 0 Å². The van der Waals surface area contributed by atoms with Crippen molar-refractivity contribution in [1.29, 1.82) is 0 Å². The van der Waals surface area contributed by atoms with Crippen molar-refractivity contribution < 1.29 is 14.3 Å². The molecule has 0 aliphatic heterocycles. The lowest BCUT2D eigenvalue weighted by atomic mass is 10.1. The number of carbonyl (C=O) groups is 2. The van der Waals surface area contributed by atoms with Crippen molar-refractivity contribution in [2.75, 3.05) is 13.2 Å². The third-order valence-electron chi connectivity index (χ3n) is 4.77. The summed E-state index contributed by atoms with van der Waals surface area (Å²) in [6.45, 7) is 6.72. The predicted molar refractivity (Wildman–Crippen MR) is 124 cm³/mol. The van der Waals surface area contributed by atoms with E-state index >= 15 is 0 Å². The Kier molecular flexibility index (Phi) is 9.44. The Morgan fingerprint density at radius 1 is 1.14 bits per heavy atom. The summed E-state index contributed by atoms with van der Waals surface area (Å²) in [5, 5.41) is 2.92. The summed E-state index contributed by atoms with van der Waals surface area (Å²) >= 11 is 2.22. The van der Waals surface area contributed by atoms with E-state index in [1.807, 2.05) is 55.5 Å². The quantitative estimate of drug-likeness (QED) is 0.385. The summed E-state index contributed by atoms with van der Waals surface area (Å²) < 4.78 is 6.77. The van der Waals surface area contributed by atoms with Gasteiger partial charge in [0, 0.05) is 16.7 Å². The molecule has 0 aliphatic carbocycles. The van der Waals surface area contributed by atoms with Crippen LogP contribution in [0.25, 0.3) is 0 Å². The normalized spacial score (nSPS) is 11.6. The van der Waals surface area contributed by atoms with Gasteiger partial charge in [0.1, 0.15) is 11.8 Å². The zero-order chi connectivity index (χ0) is 21.2. The van der Waals surface area contributed by atoms with Gasteiger partial charge >= 0.3 is 0 Å². The third kappa shape index (κ3) is 7.34. The predicted octanol–water partition coefficient (Wildman–Crippen LogP) is 4.31. The van der Waals surface area contributed by atoms with Crippen LogP contribution in [-0.4, -0.2) is 35.9 Å². The van der Waals surface area contributed by atoms with Crippen LogP contribution in [0.3, 0.4) is 0 Å². The van der Waals surface area contributed by atoms with Crippen LogP contribution >= 0.6 is 22.6 Å². The van der Waals surface area contributed by atoms with E-state index in [-0.39, 0.29) is 18.4 Å². The van der Waals surface area contributed by atoms with Crippen LogP contribution in [0.1, 0.15) is 37.8 Å². The van der Waals surface area contributed by atoms with Gasteiger partial charge in [-0.05, 0) is 78.3 Å². The molecule has 0 aromatic heterocycles. The zero-order valence-electron chi connectivity index (χ0n) is 17.3. The number of rotatable bonds is 10. The van der Waals surface area contributed by atoms with E-state index in [2.05, 4.69) is 34.8 Å². The Hall–Kier alpha value is -2.09. The van der Waals surface area contributed by atoms with Crippen LogP contribution in [-0.2, 0) is 16.1 Å². The van der Waals surface area contributed by atoms with Crippen molar-refractivity contribution in [2.45, 2.75) is 46.2 Å². The van der Waals surface area contributed by atoms with E-state index in [0.717, 1.165) is 27.5 Å². The molecule has 2 aromatic rings. The number of carbonyl (C=O) groups excluding carboxylic acids is 2. The van der Waals surface area contributed by atoms with Crippen LogP contribution in [0.5, 0.6) is 5.75 Å². The van der Waals surface area contributed by atoms with Gasteiger partial charge in [0.05, 0.1) is 0 Å². The average molecular weight is 508 g/mol. The fourth-order valence-electron chi connectivity index (χ4n) is 2.85. The first-order valence-electron chi connectivity index (χ1n) is 9.92. The van der Waals surface area contributed by atoms with Crippen LogP contribution < -0.4 is 10.1 Å². The number of nitrogens with zero attached hydrogens (tertiary/aromatic N) is 1. The van der Waals surface area contributed by atoms with Gasteiger partial charge in [-0.1, -0.05) is 37.6 Å². The Bertz CT molecular complexity index is 808. The van der Waals surface area contributed by atoms with Gasteiger partial charge in [-0.25, -0.2) is 0 Å². The molecule has 6 heteroatoms. The van der Waals surface area contributed by atoms with Crippen LogP contribution in [0, 0.1) is 10.5 Å². The number of hydrogen-bond donors (Lipinski definition) is 1. The van der Waals surface area contributed by atoms with Crippen LogP contribution in [0.2, 0.25) is 0 Å². The Labute approximate surface area is 187 Å². The Balaban J connectivity index is 2.11. The number of ether oxygens (including phenoxy) is 1. The molecule has 1 N–H and O–H groups in total. The van der Waals surface area contributed by atoms with Gasteiger partial charge in [-0.3, -0.25) is 9.59 Å². The highest BCUT2D eigenvalue weighted by Gasteiger charge is 2.26. The van der Waals surface area contributed by atoms with Crippen LogP contribution in [0.4, 0.5) is 0 Å². The molecular formula is C23H29IN2O3. The van der Waals surface area contributed by atoms with Gasteiger partial charge in [0.25, 0.3) is 5.91 Å². The average Bonchev–Trinajstić information content (AvgIpc) is 2.72. The third-order valence-corrected chi connectivity index (χ3v) is 5.49. The fourth-order valence-corrected chi connectivity index (χ4v) is 3.21. The highest BCUT2D eigenvalue weighted by Crippen LogP contribution is 2.16. The summed E-state index contributed by atoms with van der Waals surface area (Å²) in [4.78, 5) is 27.2. The van der Waals surface area contributed by atoms with Crippen molar-refractivity contribution in [1.82, 2.24) is 10.2 Å². The van der Waals surface area contributed by atoms with Gasteiger partial charge in [0.15, 0.2) is 6.61 Å². The smallest absolute Gasteiger partial charge is 0.261 e. The molecule has 0 spiro atoms. The number of amides is 2. The number of hydrogen-bond acceptors (Lipinski definition) is 3.